The molecule has 2 rings (SSSR count). The van der Waals surface area contributed by atoms with Gasteiger partial charge >= 0.3 is 0 Å². The second-order valence-corrected chi connectivity index (χ2v) is 5.92. The number of ether oxygens (including phenoxy) is 1. The van der Waals surface area contributed by atoms with E-state index in [1.54, 1.807) is 13.2 Å². The normalized spacial score (nSPS) is 12.6. The SMILES string of the molecule is COc1ccc(/C=C/C(O)c2ccccc2Br)c(Br)c1. The second kappa shape index (κ2) is 7.07. The van der Waals surface area contributed by atoms with E-state index in [9.17, 15) is 5.11 Å². The van der Waals surface area contributed by atoms with Crippen LogP contribution in [-0.2, 0) is 0 Å². The molecule has 2 aromatic rings. The van der Waals surface area contributed by atoms with Gasteiger partial charge in [-0.2, -0.15) is 0 Å². The predicted octanol–water partition coefficient (Wildman–Crippen LogP) is 4.97. The fourth-order valence-corrected chi connectivity index (χ4v) is 2.79. The van der Waals surface area contributed by atoms with Crippen molar-refractivity contribution >= 4 is 37.9 Å². The van der Waals surface area contributed by atoms with Crippen molar-refractivity contribution in [1.82, 2.24) is 0 Å². The summed E-state index contributed by atoms with van der Waals surface area (Å²) < 4.78 is 6.97. The van der Waals surface area contributed by atoms with Gasteiger partial charge in [0, 0.05) is 8.95 Å². The van der Waals surface area contributed by atoms with Crippen molar-refractivity contribution in [2.75, 3.05) is 7.11 Å². The zero-order valence-corrected chi connectivity index (χ0v) is 14.1. The fraction of sp³-hybridized carbons (Fsp3) is 0.125. The minimum absolute atomic E-state index is 0.653. The van der Waals surface area contributed by atoms with E-state index in [-0.39, 0.29) is 0 Å². The maximum atomic E-state index is 10.2. The van der Waals surface area contributed by atoms with Crippen LogP contribution in [0.15, 0.2) is 57.5 Å². The van der Waals surface area contributed by atoms with Gasteiger partial charge in [0.2, 0.25) is 0 Å². The van der Waals surface area contributed by atoms with Gasteiger partial charge in [-0.3, -0.25) is 0 Å². The summed E-state index contributed by atoms with van der Waals surface area (Å²) in [7, 11) is 1.63. The smallest absolute Gasteiger partial charge is 0.120 e. The summed E-state index contributed by atoms with van der Waals surface area (Å²) in [5.41, 5.74) is 1.82. The average Bonchev–Trinajstić information content (AvgIpc) is 2.46. The molecule has 0 aliphatic carbocycles. The average molecular weight is 398 g/mol. The molecule has 0 aliphatic rings. The van der Waals surface area contributed by atoms with Crippen LogP contribution in [-0.4, -0.2) is 12.2 Å². The van der Waals surface area contributed by atoms with E-state index in [4.69, 9.17) is 4.74 Å². The lowest BCUT2D eigenvalue weighted by Crippen LogP contribution is -1.94. The molecule has 2 nitrogen and oxygen atoms in total. The fourth-order valence-electron chi connectivity index (χ4n) is 1.78. The Balaban J connectivity index is 2.19. The van der Waals surface area contributed by atoms with Gasteiger partial charge in [-0.05, 0) is 29.3 Å². The third kappa shape index (κ3) is 3.72. The zero-order chi connectivity index (χ0) is 14.5. The van der Waals surface area contributed by atoms with Crippen LogP contribution in [0, 0.1) is 0 Å². The predicted molar refractivity (Wildman–Crippen MR) is 88.8 cm³/mol. The molecule has 0 heterocycles. The Morgan fingerprint density at radius 3 is 2.50 bits per heavy atom. The van der Waals surface area contributed by atoms with Gasteiger partial charge in [-0.25, -0.2) is 0 Å². The van der Waals surface area contributed by atoms with Crippen LogP contribution in [0.1, 0.15) is 17.2 Å². The van der Waals surface area contributed by atoms with Gasteiger partial charge in [0.25, 0.3) is 0 Å². The van der Waals surface area contributed by atoms with Gasteiger partial charge in [0.1, 0.15) is 5.75 Å². The monoisotopic (exact) mass is 396 g/mol. The van der Waals surface area contributed by atoms with Crippen molar-refractivity contribution in [3.8, 4) is 5.75 Å². The topological polar surface area (TPSA) is 29.5 Å². The van der Waals surface area contributed by atoms with Gasteiger partial charge < -0.3 is 9.84 Å². The maximum absolute atomic E-state index is 10.2. The molecule has 0 saturated heterocycles. The number of hydrogen-bond donors (Lipinski definition) is 1. The van der Waals surface area contributed by atoms with Crippen molar-refractivity contribution in [2.45, 2.75) is 6.10 Å². The van der Waals surface area contributed by atoms with Crippen molar-refractivity contribution < 1.29 is 9.84 Å². The van der Waals surface area contributed by atoms with Crippen molar-refractivity contribution in [3.63, 3.8) is 0 Å². The first-order chi connectivity index (χ1) is 9.61. The van der Waals surface area contributed by atoms with Gasteiger partial charge in [-0.15, -0.1) is 0 Å². The van der Waals surface area contributed by atoms with Crippen LogP contribution in [0.2, 0.25) is 0 Å². The van der Waals surface area contributed by atoms with Gasteiger partial charge in [0.05, 0.1) is 13.2 Å². The van der Waals surface area contributed by atoms with Crippen LogP contribution in [0.3, 0.4) is 0 Å². The van der Waals surface area contributed by atoms with E-state index >= 15 is 0 Å². The Morgan fingerprint density at radius 1 is 1.10 bits per heavy atom. The van der Waals surface area contributed by atoms with E-state index in [2.05, 4.69) is 31.9 Å². The summed E-state index contributed by atoms with van der Waals surface area (Å²) in [5, 5.41) is 10.2. The second-order valence-electron chi connectivity index (χ2n) is 4.21. The molecule has 20 heavy (non-hydrogen) atoms. The lowest BCUT2D eigenvalue weighted by molar-refractivity contribution is 0.229. The highest BCUT2D eigenvalue weighted by atomic mass is 79.9. The Labute approximate surface area is 135 Å². The van der Waals surface area contributed by atoms with Crippen molar-refractivity contribution in [2.24, 2.45) is 0 Å². The molecule has 0 aromatic heterocycles. The van der Waals surface area contributed by atoms with E-state index in [1.807, 2.05) is 48.5 Å². The summed E-state index contributed by atoms with van der Waals surface area (Å²) in [6, 6.07) is 13.3. The summed E-state index contributed by atoms with van der Waals surface area (Å²) >= 11 is 6.92. The molecule has 0 spiro atoms. The van der Waals surface area contributed by atoms with E-state index in [0.29, 0.717) is 0 Å². The Morgan fingerprint density at radius 2 is 1.85 bits per heavy atom. The van der Waals surface area contributed by atoms with E-state index in [1.165, 1.54) is 0 Å². The molecule has 0 amide bonds. The van der Waals surface area contributed by atoms with Crippen LogP contribution in [0.5, 0.6) is 5.75 Å². The first-order valence-corrected chi connectivity index (χ1v) is 7.64. The molecular weight excluding hydrogens is 384 g/mol. The highest BCUT2D eigenvalue weighted by Gasteiger charge is 2.07. The summed E-state index contributed by atoms with van der Waals surface area (Å²) in [6.07, 6.45) is 2.99. The number of aliphatic hydroxyl groups excluding tert-OH is 1. The third-order valence-electron chi connectivity index (χ3n) is 2.89. The number of hydrogen-bond acceptors (Lipinski definition) is 2. The summed E-state index contributed by atoms with van der Waals surface area (Å²) in [4.78, 5) is 0. The highest BCUT2D eigenvalue weighted by Crippen LogP contribution is 2.27. The molecule has 1 unspecified atom stereocenters. The standard InChI is InChI=1S/C16H14Br2O2/c1-20-12-8-6-11(15(18)10-12)7-9-16(19)13-4-2-3-5-14(13)17/h2-10,16,19H,1H3/b9-7+. The van der Waals surface area contributed by atoms with E-state index < -0.39 is 6.10 Å². The Bertz CT molecular complexity index is 624. The highest BCUT2D eigenvalue weighted by molar-refractivity contribution is 9.10. The molecule has 4 heteroatoms. The quantitative estimate of drug-likeness (QED) is 0.789. The summed E-state index contributed by atoms with van der Waals surface area (Å²) in [5.74, 6) is 0.792. The number of methoxy groups -OCH3 is 1. The molecule has 104 valence electrons. The van der Waals surface area contributed by atoms with E-state index in [0.717, 1.165) is 25.8 Å². The molecule has 2 aromatic carbocycles. The third-order valence-corrected chi connectivity index (χ3v) is 4.30. The molecule has 0 aliphatic heterocycles. The summed E-state index contributed by atoms with van der Waals surface area (Å²) in [6.45, 7) is 0. The number of benzene rings is 2. The molecule has 0 bridgehead atoms. The molecule has 1 N–H and O–H groups in total. The van der Waals surface area contributed by atoms with Gasteiger partial charge in [0.15, 0.2) is 0 Å². The van der Waals surface area contributed by atoms with Crippen molar-refractivity contribution in [3.05, 3.63) is 68.6 Å². The van der Waals surface area contributed by atoms with Crippen LogP contribution >= 0.6 is 31.9 Å². The lowest BCUT2D eigenvalue weighted by atomic mass is 10.1. The van der Waals surface area contributed by atoms with Crippen LogP contribution in [0.4, 0.5) is 0 Å². The van der Waals surface area contributed by atoms with Gasteiger partial charge in [-0.1, -0.05) is 68.3 Å². The van der Waals surface area contributed by atoms with Crippen LogP contribution < -0.4 is 4.74 Å². The first-order valence-electron chi connectivity index (χ1n) is 6.06. The Kier molecular flexibility index (Phi) is 5.40. The Hall–Kier alpha value is -1.10. The minimum Gasteiger partial charge on any atom is -0.497 e. The number of aliphatic hydroxyl groups is 1. The molecule has 1 atom stereocenters. The molecule has 0 fully saturated rings. The number of halogens is 2. The molecule has 0 radical (unpaired) electrons. The zero-order valence-electron chi connectivity index (χ0n) is 10.9. The largest absolute Gasteiger partial charge is 0.497 e. The van der Waals surface area contributed by atoms with Crippen molar-refractivity contribution in [1.29, 1.82) is 0 Å². The minimum atomic E-state index is -0.653. The lowest BCUT2D eigenvalue weighted by Gasteiger charge is -2.08. The first kappa shape index (κ1) is 15.3. The molecular formula is C16H14Br2O2. The maximum Gasteiger partial charge on any atom is 0.120 e. The molecule has 0 saturated carbocycles. The van der Waals surface area contributed by atoms with Crippen LogP contribution in [0.25, 0.3) is 6.08 Å². The number of rotatable bonds is 4.